The van der Waals surface area contributed by atoms with Gasteiger partial charge in [0.25, 0.3) is 0 Å². The predicted octanol–water partition coefficient (Wildman–Crippen LogP) is 2.87. The van der Waals surface area contributed by atoms with E-state index in [0.717, 1.165) is 11.0 Å². The first-order valence-corrected chi connectivity index (χ1v) is 5.83. The van der Waals surface area contributed by atoms with Crippen LogP contribution in [0.5, 0.6) is 0 Å². The Kier molecular flexibility index (Phi) is 2.96. The monoisotopic (exact) mass is 230 g/mol. The van der Waals surface area contributed by atoms with E-state index in [1.54, 1.807) is 0 Å². The zero-order valence-electron chi connectivity index (χ0n) is 10.7. The van der Waals surface area contributed by atoms with Crippen molar-refractivity contribution in [2.75, 3.05) is 5.32 Å². The molecule has 4 heteroatoms. The van der Waals surface area contributed by atoms with Crippen molar-refractivity contribution >= 4 is 17.0 Å². The SMILES string of the molecule is CC(Nc1nnc2ccccc2n1)C(C)(C)C. The van der Waals surface area contributed by atoms with Gasteiger partial charge in [0.1, 0.15) is 5.52 Å². The number of rotatable bonds is 2. The van der Waals surface area contributed by atoms with Gasteiger partial charge in [-0.25, -0.2) is 4.98 Å². The molecule has 1 aromatic heterocycles. The Morgan fingerprint density at radius 3 is 2.35 bits per heavy atom. The van der Waals surface area contributed by atoms with Gasteiger partial charge in [0.15, 0.2) is 0 Å². The fourth-order valence-corrected chi connectivity index (χ4v) is 1.35. The molecule has 1 aromatic carbocycles. The van der Waals surface area contributed by atoms with Crippen LogP contribution in [0.4, 0.5) is 5.95 Å². The Morgan fingerprint density at radius 1 is 1.06 bits per heavy atom. The van der Waals surface area contributed by atoms with Crippen molar-refractivity contribution in [3.05, 3.63) is 24.3 Å². The quantitative estimate of drug-likeness (QED) is 0.861. The van der Waals surface area contributed by atoms with E-state index in [0.29, 0.717) is 5.95 Å². The van der Waals surface area contributed by atoms with E-state index in [1.807, 2.05) is 24.3 Å². The normalized spacial score (nSPS) is 13.6. The number of fused-ring (bicyclic) bond motifs is 1. The second kappa shape index (κ2) is 4.28. The van der Waals surface area contributed by atoms with Gasteiger partial charge in [-0.15, -0.1) is 10.2 Å². The summed E-state index contributed by atoms with van der Waals surface area (Å²) in [5, 5.41) is 11.5. The highest BCUT2D eigenvalue weighted by atomic mass is 15.2. The van der Waals surface area contributed by atoms with Gasteiger partial charge in [0, 0.05) is 6.04 Å². The average Bonchev–Trinajstić information content (AvgIpc) is 2.27. The number of anilines is 1. The van der Waals surface area contributed by atoms with Gasteiger partial charge in [-0.3, -0.25) is 0 Å². The summed E-state index contributed by atoms with van der Waals surface area (Å²) in [6.45, 7) is 8.66. The molecule has 0 saturated carbocycles. The number of hydrogen-bond acceptors (Lipinski definition) is 4. The van der Waals surface area contributed by atoms with E-state index in [-0.39, 0.29) is 11.5 Å². The second-order valence-corrected chi connectivity index (χ2v) is 5.36. The molecule has 2 aromatic rings. The fourth-order valence-electron chi connectivity index (χ4n) is 1.35. The third kappa shape index (κ3) is 2.70. The lowest BCUT2D eigenvalue weighted by Gasteiger charge is -2.27. The molecule has 17 heavy (non-hydrogen) atoms. The summed E-state index contributed by atoms with van der Waals surface area (Å²) in [5.74, 6) is 0.589. The minimum absolute atomic E-state index is 0.162. The molecule has 0 radical (unpaired) electrons. The molecule has 0 aliphatic heterocycles. The molecule has 0 aliphatic rings. The van der Waals surface area contributed by atoms with E-state index in [2.05, 4.69) is 48.2 Å². The van der Waals surface area contributed by atoms with Crippen molar-refractivity contribution in [2.24, 2.45) is 5.41 Å². The molecular weight excluding hydrogens is 212 g/mol. The van der Waals surface area contributed by atoms with Gasteiger partial charge in [-0.2, -0.15) is 0 Å². The van der Waals surface area contributed by atoms with Crippen LogP contribution in [0, 0.1) is 5.41 Å². The molecule has 4 nitrogen and oxygen atoms in total. The van der Waals surface area contributed by atoms with Crippen LogP contribution in [-0.2, 0) is 0 Å². The van der Waals surface area contributed by atoms with Crippen molar-refractivity contribution in [1.29, 1.82) is 0 Å². The first-order chi connectivity index (χ1) is 7.97. The molecule has 0 spiro atoms. The maximum atomic E-state index is 4.44. The molecule has 1 heterocycles. The maximum absolute atomic E-state index is 4.44. The highest BCUT2D eigenvalue weighted by Gasteiger charge is 2.20. The summed E-state index contributed by atoms with van der Waals surface area (Å²) in [4.78, 5) is 4.44. The van der Waals surface area contributed by atoms with Crippen LogP contribution in [-0.4, -0.2) is 21.2 Å². The predicted molar refractivity (Wildman–Crippen MR) is 69.9 cm³/mol. The van der Waals surface area contributed by atoms with Crippen molar-refractivity contribution in [2.45, 2.75) is 33.7 Å². The Morgan fingerprint density at radius 2 is 1.71 bits per heavy atom. The zero-order chi connectivity index (χ0) is 12.5. The topological polar surface area (TPSA) is 50.7 Å². The van der Waals surface area contributed by atoms with Crippen LogP contribution in [0.1, 0.15) is 27.7 Å². The van der Waals surface area contributed by atoms with Gasteiger partial charge >= 0.3 is 0 Å². The second-order valence-electron chi connectivity index (χ2n) is 5.36. The molecule has 0 amide bonds. The molecule has 0 bridgehead atoms. The van der Waals surface area contributed by atoms with Gasteiger partial charge < -0.3 is 5.32 Å². The molecule has 0 fully saturated rings. The highest BCUT2D eigenvalue weighted by Crippen LogP contribution is 2.21. The number of nitrogens with zero attached hydrogens (tertiary/aromatic N) is 3. The smallest absolute Gasteiger partial charge is 0.243 e. The van der Waals surface area contributed by atoms with Gasteiger partial charge in [-0.1, -0.05) is 32.9 Å². The summed E-state index contributed by atoms with van der Waals surface area (Å²) in [6.07, 6.45) is 0. The minimum atomic E-state index is 0.162. The lowest BCUT2D eigenvalue weighted by molar-refractivity contribution is 0.358. The largest absolute Gasteiger partial charge is 0.350 e. The van der Waals surface area contributed by atoms with Crippen molar-refractivity contribution in [3.63, 3.8) is 0 Å². The first kappa shape index (κ1) is 11.8. The number of para-hydroxylation sites is 1. The van der Waals surface area contributed by atoms with Gasteiger partial charge in [0.2, 0.25) is 5.95 Å². The number of aromatic nitrogens is 3. The Hall–Kier alpha value is -1.71. The first-order valence-electron chi connectivity index (χ1n) is 5.83. The van der Waals surface area contributed by atoms with E-state index in [1.165, 1.54) is 0 Å². The molecule has 90 valence electrons. The fraction of sp³-hybridized carbons (Fsp3) is 0.462. The molecule has 0 saturated heterocycles. The summed E-state index contributed by atoms with van der Waals surface area (Å²) < 4.78 is 0. The summed E-state index contributed by atoms with van der Waals surface area (Å²) in [6, 6.07) is 8.02. The third-order valence-corrected chi connectivity index (χ3v) is 3.01. The standard InChI is InChI=1S/C13H18N4/c1-9(13(2,3)4)14-12-15-10-7-5-6-8-11(10)16-17-12/h5-9H,1-4H3,(H,14,15,17). The number of hydrogen-bond donors (Lipinski definition) is 1. The lowest BCUT2D eigenvalue weighted by Crippen LogP contribution is -2.31. The van der Waals surface area contributed by atoms with Crippen molar-refractivity contribution < 1.29 is 0 Å². The Balaban J connectivity index is 2.25. The summed E-state index contributed by atoms with van der Waals surface area (Å²) in [5.41, 5.74) is 1.85. The Bertz CT molecular complexity index is 516. The molecule has 1 N–H and O–H groups in total. The van der Waals surface area contributed by atoms with Crippen LogP contribution in [0.15, 0.2) is 24.3 Å². The molecular formula is C13H18N4. The van der Waals surface area contributed by atoms with E-state index in [4.69, 9.17) is 0 Å². The number of nitrogens with one attached hydrogen (secondary N) is 1. The van der Waals surface area contributed by atoms with Gasteiger partial charge in [0.05, 0.1) is 5.52 Å². The molecule has 1 unspecified atom stereocenters. The van der Waals surface area contributed by atoms with Crippen molar-refractivity contribution in [3.8, 4) is 0 Å². The van der Waals surface area contributed by atoms with Gasteiger partial charge in [-0.05, 0) is 24.5 Å². The van der Waals surface area contributed by atoms with Crippen LogP contribution >= 0.6 is 0 Å². The van der Waals surface area contributed by atoms with E-state index < -0.39 is 0 Å². The Labute approximate surface area is 101 Å². The van der Waals surface area contributed by atoms with Crippen LogP contribution in [0.2, 0.25) is 0 Å². The maximum Gasteiger partial charge on any atom is 0.243 e. The van der Waals surface area contributed by atoms with E-state index in [9.17, 15) is 0 Å². The molecule has 1 atom stereocenters. The molecule has 2 rings (SSSR count). The average molecular weight is 230 g/mol. The zero-order valence-corrected chi connectivity index (χ0v) is 10.7. The van der Waals surface area contributed by atoms with E-state index >= 15 is 0 Å². The summed E-state index contributed by atoms with van der Waals surface area (Å²) >= 11 is 0. The van der Waals surface area contributed by atoms with Crippen LogP contribution in [0.3, 0.4) is 0 Å². The highest BCUT2D eigenvalue weighted by molar-refractivity contribution is 5.74. The minimum Gasteiger partial charge on any atom is -0.350 e. The van der Waals surface area contributed by atoms with Crippen LogP contribution in [0.25, 0.3) is 11.0 Å². The third-order valence-electron chi connectivity index (χ3n) is 3.01. The lowest BCUT2D eigenvalue weighted by atomic mass is 9.88. The summed E-state index contributed by atoms with van der Waals surface area (Å²) in [7, 11) is 0. The number of benzene rings is 1. The van der Waals surface area contributed by atoms with Crippen LogP contribution < -0.4 is 5.32 Å². The molecule has 0 aliphatic carbocycles. The van der Waals surface area contributed by atoms with Crippen molar-refractivity contribution in [1.82, 2.24) is 15.2 Å².